The monoisotopic (exact) mass is 324 g/mol. The predicted molar refractivity (Wildman–Crippen MR) is 76.1 cm³/mol. The van der Waals surface area contributed by atoms with Crippen molar-refractivity contribution >= 4 is 39.1 Å². The van der Waals surface area contributed by atoms with Crippen LogP contribution < -0.4 is 4.90 Å². The third kappa shape index (κ3) is 2.54. The summed E-state index contributed by atoms with van der Waals surface area (Å²) in [6.45, 7) is 0. The van der Waals surface area contributed by atoms with Crippen molar-refractivity contribution in [3.8, 4) is 0 Å². The minimum Gasteiger partial charge on any atom is -0.310 e. The average molecular weight is 326 g/mol. The van der Waals surface area contributed by atoms with E-state index in [1.807, 2.05) is 6.07 Å². The second-order valence-electron chi connectivity index (χ2n) is 3.68. The molecule has 2 rings (SSSR count). The number of rotatable bonds is 2. The second kappa shape index (κ2) is 5.50. The van der Waals surface area contributed by atoms with Crippen LogP contribution in [-0.4, -0.2) is 17.9 Å². The van der Waals surface area contributed by atoms with Crippen molar-refractivity contribution in [2.75, 3.05) is 11.9 Å². The minimum atomic E-state index is -0.172. The first-order chi connectivity index (χ1) is 8.61. The van der Waals surface area contributed by atoms with Crippen LogP contribution in [0.4, 0.5) is 5.69 Å². The molecule has 0 N–H and O–H groups in total. The molecule has 18 heavy (non-hydrogen) atoms. The summed E-state index contributed by atoms with van der Waals surface area (Å²) in [6, 6.07) is 8.87. The molecule has 2 aromatic rings. The van der Waals surface area contributed by atoms with Gasteiger partial charge in [0.1, 0.15) is 0 Å². The van der Waals surface area contributed by atoms with Crippen molar-refractivity contribution in [3.63, 3.8) is 0 Å². The highest BCUT2D eigenvalue weighted by molar-refractivity contribution is 9.10. The van der Waals surface area contributed by atoms with Gasteiger partial charge in [-0.15, -0.1) is 0 Å². The van der Waals surface area contributed by atoms with Crippen LogP contribution in [0.2, 0.25) is 5.02 Å². The Balaban J connectivity index is 2.35. The highest BCUT2D eigenvalue weighted by Gasteiger charge is 2.17. The molecule has 92 valence electrons. The molecule has 0 spiro atoms. The molecule has 0 saturated carbocycles. The lowest BCUT2D eigenvalue weighted by molar-refractivity contribution is 0.0993. The molecule has 1 aromatic carbocycles. The minimum absolute atomic E-state index is 0.172. The summed E-state index contributed by atoms with van der Waals surface area (Å²) in [5, 5.41) is 0.415. The quantitative estimate of drug-likeness (QED) is 0.842. The van der Waals surface area contributed by atoms with Gasteiger partial charge in [-0.3, -0.25) is 9.78 Å². The van der Waals surface area contributed by atoms with Crippen LogP contribution >= 0.6 is 27.5 Å². The zero-order valence-corrected chi connectivity index (χ0v) is 11.9. The molecule has 0 aliphatic carbocycles. The topological polar surface area (TPSA) is 33.2 Å². The van der Waals surface area contributed by atoms with Gasteiger partial charge < -0.3 is 4.90 Å². The number of aromatic nitrogens is 1. The van der Waals surface area contributed by atoms with Gasteiger partial charge in [-0.25, -0.2) is 0 Å². The molecule has 0 unspecified atom stereocenters. The number of nitrogens with zero attached hydrogens (tertiary/aromatic N) is 2. The summed E-state index contributed by atoms with van der Waals surface area (Å²) in [5.41, 5.74) is 1.18. The van der Waals surface area contributed by atoms with E-state index in [1.54, 1.807) is 43.7 Å². The molecule has 0 saturated heterocycles. The fourth-order valence-corrected chi connectivity index (χ4v) is 2.09. The number of halogens is 2. The molecule has 0 aliphatic heterocycles. The molecule has 0 aliphatic rings. The van der Waals surface area contributed by atoms with Crippen molar-refractivity contribution < 1.29 is 4.79 Å². The van der Waals surface area contributed by atoms with Gasteiger partial charge in [-0.05, 0) is 40.2 Å². The number of anilines is 1. The van der Waals surface area contributed by atoms with Crippen molar-refractivity contribution in [2.24, 2.45) is 0 Å². The smallest absolute Gasteiger partial charge is 0.259 e. The Hall–Kier alpha value is -1.39. The van der Waals surface area contributed by atoms with E-state index in [4.69, 9.17) is 11.6 Å². The summed E-state index contributed by atoms with van der Waals surface area (Å²) < 4.78 is 0.703. The van der Waals surface area contributed by atoms with Gasteiger partial charge in [0, 0.05) is 17.7 Å². The number of benzene rings is 1. The molecular weight excluding hydrogens is 316 g/mol. The largest absolute Gasteiger partial charge is 0.310 e. The first-order valence-electron chi connectivity index (χ1n) is 5.23. The first kappa shape index (κ1) is 13.1. The second-order valence-corrected chi connectivity index (χ2v) is 4.91. The van der Waals surface area contributed by atoms with E-state index in [9.17, 15) is 4.79 Å². The molecule has 1 aromatic heterocycles. The molecule has 1 amide bonds. The lowest BCUT2D eigenvalue weighted by Gasteiger charge is -2.17. The van der Waals surface area contributed by atoms with Gasteiger partial charge in [-0.1, -0.05) is 17.7 Å². The SMILES string of the molecule is CN(C(=O)c1cccc(Br)c1Cl)c1cccnc1. The Labute approximate surface area is 119 Å². The average Bonchev–Trinajstić information content (AvgIpc) is 2.41. The highest BCUT2D eigenvalue weighted by atomic mass is 79.9. The summed E-state index contributed by atoms with van der Waals surface area (Å²) in [4.78, 5) is 17.8. The Morgan fingerprint density at radius 3 is 2.78 bits per heavy atom. The van der Waals surface area contributed by atoms with Crippen LogP contribution in [0.15, 0.2) is 47.2 Å². The Morgan fingerprint density at radius 1 is 1.33 bits per heavy atom. The summed E-state index contributed by atoms with van der Waals surface area (Å²) >= 11 is 9.41. The van der Waals surface area contributed by atoms with E-state index in [1.165, 1.54) is 4.90 Å². The molecule has 0 radical (unpaired) electrons. The van der Waals surface area contributed by atoms with Gasteiger partial charge in [0.15, 0.2) is 0 Å². The molecule has 0 bridgehead atoms. The normalized spacial score (nSPS) is 10.2. The van der Waals surface area contributed by atoms with Crippen LogP contribution in [0.25, 0.3) is 0 Å². The van der Waals surface area contributed by atoms with Gasteiger partial charge in [0.25, 0.3) is 5.91 Å². The standard InChI is InChI=1S/C13H10BrClN2O/c1-17(9-4-3-7-16-8-9)13(18)10-5-2-6-11(14)12(10)15/h2-8H,1H3. The third-order valence-corrected chi connectivity index (χ3v) is 3.82. The van der Waals surface area contributed by atoms with Gasteiger partial charge in [0.05, 0.1) is 22.5 Å². The van der Waals surface area contributed by atoms with Gasteiger partial charge >= 0.3 is 0 Å². The van der Waals surface area contributed by atoms with E-state index in [0.29, 0.717) is 15.1 Å². The van der Waals surface area contributed by atoms with E-state index >= 15 is 0 Å². The lowest BCUT2D eigenvalue weighted by atomic mass is 10.2. The first-order valence-corrected chi connectivity index (χ1v) is 6.40. The van der Waals surface area contributed by atoms with Gasteiger partial charge in [-0.2, -0.15) is 0 Å². The summed E-state index contributed by atoms with van der Waals surface area (Å²) in [5.74, 6) is -0.172. The molecule has 0 atom stereocenters. The van der Waals surface area contributed by atoms with E-state index in [0.717, 1.165) is 5.69 Å². The Bertz CT molecular complexity index is 574. The molecule has 5 heteroatoms. The fraction of sp³-hybridized carbons (Fsp3) is 0.0769. The summed E-state index contributed by atoms with van der Waals surface area (Å²) in [6.07, 6.45) is 3.29. The van der Waals surface area contributed by atoms with Gasteiger partial charge in [0.2, 0.25) is 0 Å². The van der Waals surface area contributed by atoms with Crippen molar-refractivity contribution in [2.45, 2.75) is 0 Å². The molecule has 0 fully saturated rings. The van der Waals surface area contributed by atoms with E-state index in [2.05, 4.69) is 20.9 Å². The van der Waals surface area contributed by atoms with Crippen LogP contribution in [0.1, 0.15) is 10.4 Å². The van der Waals surface area contributed by atoms with Crippen LogP contribution in [0, 0.1) is 0 Å². The summed E-state index contributed by atoms with van der Waals surface area (Å²) in [7, 11) is 1.69. The molecular formula is C13H10BrClN2O. The third-order valence-electron chi connectivity index (χ3n) is 2.52. The van der Waals surface area contributed by atoms with Crippen molar-refractivity contribution in [1.29, 1.82) is 0 Å². The maximum atomic E-state index is 12.3. The Kier molecular flexibility index (Phi) is 3.99. The number of hydrogen-bond acceptors (Lipinski definition) is 2. The van der Waals surface area contributed by atoms with Crippen LogP contribution in [-0.2, 0) is 0 Å². The maximum Gasteiger partial charge on any atom is 0.259 e. The van der Waals surface area contributed by atoms with E-state index < -0.39 is 0 Å². The Morgan fingerprint density at radius 2 is 2.11 bits per heavy atom. The number of carbonyl (C=O) groups is 1. The van der Waals surface area contributed by atoms with Crippen LogP contribution in [0.5, 0.6) is 0 Å². The molecule has 1 heterocycles. The number of amides is 1. The zero-order valence-electron chi connectivity index (χ0n) is 9.60. The van der Waals surface area contributed by atoms with Crippen molar-refractivity contribution in [1.82, 2.24) is 4.98 Å². The molecule has 3 nitrogen and oxygen atoms in total. The lowest BCUT2D eigenvalue weighted by Crippen LogP contribution is -2.26. The van der Waals surface area contributed by atoms with Crippen LogP contribution in [0.3, 0.4) is 0 Å². The highest BCUT2D eigenvalue weighted by Crippen LogP contribution is 2.27. The number of hydrogen-bond donors (Lipinski definition) is 0. The fourth-order valence-electron chi connectivity index (χ4n) is 1.52. The maximum absolute atomic E-state index is 12.3. The predicted octanol–water partition coefficient (Wildman–Crippen LogP) is 3.77. The number of pyridine rings is 1. The van der Waals surface area contributed by atoms with Crippen molar-refractivity contribution in [3.05, 3.63) is 57.8 Å². The van der Waals surface area contributed by atoms with E-state index in [-0.39, 0.29) is 5.91 Å². The number of carbonyl (C=O) groups excluding carboxylic acids is 1. The zero-order chi connectivity index (χ0) is 13.1.